The molecule has 0 atom stereocenters. The van der Waals surface area contributed by atoms with Gasteiger partial charge < -0.3 is 15.1 Å². The van der Waals surface area contributed by atoms with Crippen molar-refractivity contribution in [2.45, 2.75) is 32.7 Å². The molecule has 0 unspecified atom stereocenters. The van der Waals surface area contributed by atoms with Crippen LogP contribution in [0.3, 0.4) is 0 Å². The van der Waals surface area contributed by atoms with Gasteiger partial charge in [-0.1, -0.05) is 17.7 Å². The molecule has 1 aliphatic heterocycles. The number of piperidine rings is 1. The van der Waals surface area contributed by atoms with Gasteiger partial charge in [-0.2, -0.15) is 0 Å². The number of halogens is 2. The number of nitrogens with one attached hydrogen (secondary N) is 1. The number of rotatable bonds is 7. The highest BCUT2D eigenvalue weighted by Gasteiger charge is 2.21. The highest BCUT2D eigenvalue weighted by Crippen LogP contribution is 2.17. The van der Waals surface area contributed by atoms with E-state index in [2.05, 4.69) is 5.32 Å². The molecule has 1 saturated heterocycles. The second-order valence-corrected chi connectivity index (χ2v) is 7.69. The van der Waals surface area contributed by atoms with Gasteiger partial charge in [0.25, 0.3) is 0 Å². The van der Waals surface area contributed by atoms with Crippen molar-refractivity contribution >= 4 is 17.5 Å². The van der Waals surface area contributed by atoms with E-state index >= 15 is 0 Å². The Morgan fingerprint density at radius 2 is 1.60 bits per heavy atom. The van der Waals surface area contributed by atoms with Gasteiger partial charge in [-0.3, -0.25) is 9.59 Å². The quantitative estimate of drug-likeness (QED) is 0.754. The van der Waals surface area contributed by atoms with Crippen molar-refractivity contribution in [2.75, 3.05) is 31.1 Å². The summed E-state index contributed by atoms with van der Waals surface area (Å²) in [5.41, 5.74) is 2.20. The van der Waals surface area contributed by atoms with Crippen LogP contribution in [0.15, 0.2) is 42.5 Å². The molecule has 0 aliphatic carbocycles. The summed E-state index contributed by atoms with van der Waals surface area (Å²) in [6.07, 6.45) is 3.14. The molecular formula is C23H27F2N3O2. The van der Waals surface area contributed by atoms with E-state index in [0.29, 0.717) is 5.56 Å². The second kappa shape index (κ2) is 10.2. The molecule has 1 aliphatic rings. The Labute approximate surface area is 175 Å². The van der Waals surface area contributed by atoms with E-state index in [1.165, 1.54) is 12.1 Å². The summed E-state index contributed by atoms with van der Waals surface area (Å²) in [4.78, 5) is 28.9. The molecule has 1 N–H and O–H groups in total. The van der Waals surface area contributed by atoms with Crippen LogP contribution in [0, 0.1) is 18.6 Å². The van der Waals surface area contributed by atoms with Gasteiger partial charge in [0.2, 0.25) is 11.8 Å². The van der Waals surface area contributed by atoms with Crippen molar-refractivity contribution in [2.24, 2.45) is 0 Å². The van der Waals surface area contributed by atoms with Gasteiger partial charge in [0.05, 0.1) is 13.1 Å². The van der Waals surface area contributed by atoms with Crippen molar-refractivity contribution in [3.05, 3.63) is 65.2 Å². The number of hydrogen-bond acceptors (Lipinski definition) is 3. The zero-order chi connectivity index (χ0) is 21.5. The van der Waals surface area contributed by atoms with Crippen LogP contribution < -0.4 is 10.2 Å². The van der Waals surface area contributed by atoms with E-state index in [-0.39, 0.29) is 31.4 Å². The summed E-state index contributed by atoms with van der Waals surface area (Å²) in [7, 11) is 0. The van der Waals surface area contributed by atoms with Crippen LogP contribution in [-0.2, 0) is 16.1 Å². The number of carbonyl (C=O) groups excluding carboxylic acids is 2. The zero-order valence-corrected chi connectivity index (χ0v) is 17.2. The van der Waals surface area contributed by atoms with E-state index in [9.17, 15) is 18.4 Å². The fourth-order valence-electron chi connectivity index (χ4n) is 3.54. The highest BCUT2D eigenvalue weighted by atomic mass is 19.1. The van der Waals surface area contributed by atoms with E-state index in [1.807, 2.05) is 36.1 Å². The third kappa shape index (κ3) is 6.27. The Balaban J connectivity index is 1.65. The topological polar surface area (TPSA) is 52.7 Å². The lowest BCUT2D eigenvalue weighted by molar-refractivity contribution is -0.130. The Kier molecular flexibility index (Phi) is 7.38. The van der Waals surface area contributed by atoms with E-state index in [1.54, 1.807) is 4.90 Å². The molecule has 0 spiro atoms. The molecule has 3 rings (SSSR count). The summed E-state index contributed by atoms with van der Waals surface area (Å²) in [6.45, 7) is 3.55. The molecule has 0 saturated carbocycles. The maximum Gasteiger partial charge on any atom is 0.242 e. The summed E-state index contributed by atoms with van der Waals surface area (Å²) < 4.78 is 26.7. The summed E-state index contributed by atoms with van der Waals surface area (Å²) in [5, 5.41) is 2.68. The van der Waals surface area contributed by atoms with Crippen molar-refractivity contribution in [1.29, 1.82) is 0 Å². The summed E-state index contributed by atoms with van der Waals surface area (Å²) in [6, 6.07) is 10.8. The number of carbonyl (C=O) groups is 2. The van der Waals surface area contributed by atoms with Crippen LogP contribution in [0.25, 0.3) is 0 Å². The first-order valence-corrected chi connectivity index (χ1v) is 10.2. The highest BCUT2D eigenvalue weighted by molar-refractivity contribution is 5.86. The molecule has 7 heteroatoms. The van der Waals surface area contributed by atoms with Gasteiger partial charge in [-0.15, -0.1) is 0 Å². The maximum absolute atomic E-state index is 13.3. The normalized spacial score (nSPS) is 13.8. The Hall–Kier alpha value is -2.96. The molecule has 30 heavy (non-hydrogen) atoms. The average molecular weight is 415 g/mol. The van der Waals surface area contributed by atoms with Gasteiger partial charge in [-0.05, 0) is 56.0 Å². The van der Waals surface area contributed by atoms with E-state index in [4.69, 9.17) is 0 Å². The first kappa shape index (κ1) is 21.7. The predicted octanol–water partition coefficient (Wildman–Crippen LogP) is 3.41. The van der Waals surface area contributed by atoms with Gasteiger partial charge in [0, 0.05) is 31.4 Å². The first-order valence-electron chi connectivity index (χ1n) is 10.2. The minimum atomic E-state index is -0.687. The molecule has 160 valence electrons. The number of anilines is 1. The molecular weight excluding hydrogens is 388 g/mol. The number of amides is 2. The average Bonchev–Trinajstić information content (AvgIpc) is 2.72. The van der Waals surface area contributed by atoms with E-state index < -0.39 is 11.6 Å². The van der Waals surface area contributed by atoms with Crippen LogP contribution in [0.5, 0.6) is 0 Å². The number of benzene rings is 2. The fraction of sp³-hybridized carbons (Fsp3) is 0.391. The lowest BCUT2D eigenvalue weighted by atomic mass is 10.1. The minimum Gasteiger partial charge on any atom is -0.353 e. The summed E-state index contributed by atoms with van der Waals surface area (Å²) in [5.74, 6) is -1.71. The van der Waals surface area contributed by atoms with Crippen molar-refractivity contribution in [3.63, 3.8) is 0 Å². The fourth-order valence-corrected chi connectivity index (χ4v) is 3.54. The molecule has 2 amide bonds. The Morgan fingerprint density at radius 1 is 0.967 bits per heavy atom. The third-order valence-corrected chi connectivity index (χ3v) is 5.18. The minimum absolute atomic E-state index is 0.00437. The number of likely N-dealkylation sites (tertiary alicyclic amines) is 1. The van der Waals surface area contributed by atoms with Crippen LogP contribution in [0.2, 0.25) is 0 Å². The largest absolute Gasteiger partial charge is 0.353 e. The monoisotopic (exact) mass is 415 g/mol. The predicted molar refractivity (Wildman–Crippen MR) is 112 cm³/mol. The van der Waals surface area contributed by atoms with Crippen molar-refractivity contribution in [1.82, 2.24) is 10.2 Å². The molecule has 0 bridgehead atoms. The van der Waals surface area contributed by atoms with Crippen LogP contribution >= 0.6 is 0 Å². The zero-order valence-electron chi connectivity index (χ0n) is 17.2. The van der Waals surface area contributed by atoms with Crippen LogP contribution in [-0.4, -0.2) is 42.9 Å². The standard InChI is InChI=1S/C23H27F2N3O2/c1-17-5-7-21(8-6-17)28(16-23(30)27-9-3-2-4-10-27)15-22(29)26-14-18-11-19(24)13-20(25)12-18/h5-8,11-13H,2-4,9-10,14-16H2,1H3,(H,26,29). The lowest BCUT2D eigenvalue weighted by Crippen LogP contribution is -2.45. The molecule has 0 aromatic heterocycles. The number of hydrogen-bond donors (Lipinski definition) is 1. The number of aryl methyl sites for hydroxylation is 1. The lowest BCUT2D eigenvalue weighted by Gasteiger charge is -2.30. The molecule has 1 heterocycles. The van der Waals surface area contributed by atoms with Gasteiger partial charge in [-0.25, -0.2) is 8.78 Å². The maximum atomic E-state index is 13.3. The number of nitrogens with zero attached hydrogens (tertiary/aromatic N) is 2. The molecule has 0 radical (unpaired) electrons. The molecule has 2 aromatic rings. The van der Waals surface area contributed by atoms with E-state index in [0.717, 1.165) is 49.7 Å². The molecule has 5 nitrogen and oxygen atoms in total. The van der Waals surface area contributed by atoms with Gasteiger partial charge in [0.15, 0.2) is 0 Å². The SMILES string of the molecule is Cc1ccc(N(CC(=O)NCc2cc(F)cc(F)c2)CC(=O)N2CCCCC2)cc1. The summed E-state index contributed by atoms with van der Waals surface area (Å²) >= 11 is 0. The second-order valence-electron chi connectivity index (χ2n) is 7.69. The smallest absolute Gasteiger partial charge is 0.242 e. The van der Waals surface area contributed by atoms with Gasteiger partial charge in [0.1, 0.15) is 11.6 Å². The molecule has 1 fully saturated rings. The Bertz CT molecular complexity index is 860. The van der Waals surface area contributed by atoms with Crippen molar-refractivity contribution < 1.29 is 18.4 Å². The third-order valence-electron chi connectivity index (χ3n) is 5.18. The molecule has 2 aromatic carbocycles. The first-order chi connectivity index (χ1) is 14.4. The Morgan fingerprint density at radius 3 is 2.23 bits per heavy atom. The van der Waals surface area contributed by atoms with Crippen molar-refractivity contribution in [3.8, 4) is 0 Å². The van der Waals surface area contributed by atoms with Crippen LogP contribution in [0.4, 0.5) is 14.5 Å². The van der Waals surface area contributed by atoms with Crippen LogP contribution in [0.1, 0.15) is 30.4 Å². The van der Waals surface area contributed by atoms with Gasteiger partial charge >= 0.3 is 0 Å².